The number of ether oxygens (including phenoxy) is 1. The van der Waals surface area contributed by atoms with Gasteiger partial charge in [0.25, 0.3) is 0 Å². The molecule has 10 atom stereocenters. The number of rotatable bonds is 5. The highest BCUT2D eigenvalue weighted by Gasteiger charge is 2.74. The molecule has 5 saturated carbocycles. The Bertz CT molecular complexity index is 1110. The molecule has 0 radical (unpaired) electrons. The molecule has 0 aliphatic heterocycles. The molecule has 40 heavy (non-hydrogen) atoms. The van der Waals surface area contributed by atoms with E-state index < -0.39 is 11.9 Å². The van der Waals surface area contributed by atoms with E-state index in [0.29, 0.717) is 30.3 Å². The molecule has 0 saturated heterocycles. The van der Waals surface area contributed by atoms with Crippen LogP contribution in [0.4, 0.5) is 0 Å². The van der Waals surface area contributed by atoms with Gasteiger partial charge in [-0.15, -0.1) is 0 Å². The number of carbonyl (C=O) groups is 2. The number of fused-ring (bicyclic) bond motifs is 7. The molecule has 0 aromatic rings. The van der Waals surface area contributed by atoms with Gasteiger partial charge < -0.3 is 14.9 Å². The molecule has 2 N–H and O–H groups in total. The van der Waals surface area contributed by atoms with Crippen molar-refractivity contribution in [1.82, 2.24) is 0 Å². The fourth-order valence-electron chi connectivity index (χ4n) is 12.6. The molecule has 5 aliphatic carbocycles. The average Bonchev–Trinajstić information content (AvgIpc) is 3.27. The lowest BCUT2D eigenvalue weighted by molar-refractivity contribution is -0.279. The number of hydrogen-bond donors (Lipinski definition) is 2. The van der Waals surface area contributed by atoms with Crippen molar-refractivity contribution >= 4 is 11.9 Å². The van der Waals surface area contributed by atoms with Gasteiger partial charge in [0.15, 0.2) is 0 Å². The maximum absolute atomic E-state index is 12.5. The van der Waals surface area contributed by atoms with Gasteiger partial charge in [-0.2, -0.15) is 0 Å². The maximum Gasteiger partial charge on any atom is 0.331 e. The molecule has 0 heterocycles. The molecule has 0 bridgehead atoms. The Labute approximate surface area is 242 Å². The Morgan fingerprint density at radius 2 is 1.50 bits per heavy atom. The zero-order valence-corrected chi connectivity index (χ0v) is 26.1. The fraction of sp³-hybridized carbons (Fsp3) is 0.829. The molecular formula is C35H54O5. The minimum absolute atomic E-state index is 0.0484. The summed E-state index contributed by atoms with van der Waals surface area (Å²) in [5.41, 5.74) is 1.80. The van der Waals surface area contributed by atoms with Crippen molar-refractivity contribution in [2.24, 2.45) is 56.2 Å². The number of carboxylic acid groups (broad SMARTS) is 1. The van der Waals surface area contributed by atoms with Gasteiger partial charge in [0.1, 0.15) is 0 Å². The van der Waals surface area contributed by atoms with E-state index in [2.05, 4.69) is 55.0 Å². The molecule has 5 heteroatoms. The van der Waals surface area contributed by atoms with Gasteiger partial charge in [0.2, 0.25) is 0 Å². The Morgan fingerprint density at radius 1 is 0.850 bits per heavy atom. The van der Waals surface area contributed by atoms with E-state index in [1.54, 1.807) is 0 Å². The Balaban J connectivity index is 1.51. The van der Waals surface area contributed by atoms with Gasteiger partial charge in [-0.25, -0.2) is 9.59 Å². The quantitative estimate of drug-likeness (QED) is 0.208. The molecule has 0 spiro atoms. The smallest absolute Gasteiger partial charge is 0.331 e. The predicted molar refractivity (Wildman–Crippen MR) is 157 cm³/mol. The number of allylic oxidation sites excluding steroid dienone is 1. The summed E-state index contributed by atoms with van der Waals surface area (Å²) in [5, 5.41) is 20.0. The molecule has 5 fully saturated rings. The van der Waals surface area contributed by atoms with Crippen LogP contribution in [0, 0.1) is 56.2 Å². The van der Waals surface area contributed by atoms with Gasteiger partial charge in [-0.1, -0.05) is 53.7 Å². The van der Waals surface area contributed by atoms with Gasteiger partial charge in [-0.05, 0) is 122 Å². The summed E-state index contributed by atoms with van der Waals surface area (Å²) in [4.78, 5) is 23.4. The first-order chi connectivity index (χ1) is 18.5. The van der Waals surface area contributed by atoms with Crippen LogP contribution >= 0.6 is 0 Å². The van der Waals surface area contributed by atoms with Crippen LogP contribution in [-0.2, 0) is 14.3 Å². The number of aliphatic hydroxyl groups excluding tert-OH is 1. The minimum Gasteiger partial charge on any atom is -0.478 e. The highest BCUT2D eigenvalue weighted by Crippen LogP contribution is 2.81. The van der Waals surface area contributed by atoms with Crippen LogP contribution in [0.5, 0.6) is 0 Å². The van der Waals surface area contributed by atoms with Crippen LogP contribution in [0.25, 0.3) is 0 Å². The molecule has 0 aromatic carbocycles. The summed E-state index contributed by atoms with van der Waals surface area (Å²) in [7, 11) is 0. The number of hydrogen-bond acceptors (Lipinski definition) is 4. The minimum atomic E-state index is -1.14. The molecular weight excluding hydrogens is 500 g/mol. The van der Waals surface area contributed by atoms with Crippen LogP contribution in [0.15, 0.2) is 24.3 Å². The van der Waals surface area contributed by atoms with Crippen LogP contribution in [0.2, 0.25) is 0 Å². The second kappa shape index (κ2) is 9.44. The van der Waals surface area contributed by atoms with Gasteiger partial charge in [0, 0.05) is 17.6 Å². The maximum atomic E-state index is 12.5. The summed E-state index contributed by atoms with van der Waals surface area (Å²) in [6.07, 6.45) is 12.8. The second-order valence-electron chi connectivity index (χ2n) is 16.3. The van der Waals surface area contributed by atoms with Crippen molar-refractivity contribution < 1.29 is 24.5 Å². The first-order valence-electron chi connectivity index (χ1n) is 15.9. The van der Waals surface area contributed by atoms with Crippen molar-refractivity contribution in [2.45, 2.75) is 119 Å². The molecule has 0 amide bonds. The summed E-state index contributed by atoms with van der Waals surface area (Å²) in [6, 6.07) is 0. The van der Waals surface area contributed by atoms with E-state index in [-0.39, 0.29) is 38.6 Å². The Morgan fingerprint density at radius 3 is 2.15 bits per heavy atom. The third kappa shape index (κ3) is 3.88. The lowest BCUT2D eigenvalue weighted by Crippen LogP contribution is -2.70. The van der Waals surface area contributed by atoms with E-state index in [0.717, 1.165) is 50.7 Å². The lowest BCUT2D eigenvalue weighted by atomic mass is 9.29. The SMILES string of the molecule is C=C(C)C1CC[C@]2(COC(=O)/C=C\C(=O)O)CC[C@]3(C)C(C)(CC[C@@H]4[C@@]5(C)CC[C@H](O)C(C)(C)[C@@H]5CC[C@]43C)[C@@H]12. The summed E-state index contributed by atoms with van der Waals surface area (Å²) < 4.78 is 5.83. The van der Waals surface area contributed by atoms with Crippen LogP contribution < -0.4 is 0 Å². The second-order valence-corrected chi connectivity index (χ2v) is 16.3. The normalized spacial score (nSPS) is 49.4. The summed E-state index contributed by atoms with van der Waals surface area (Å²) in [5.74, 6) is 0.289. The van der Waals surface area contributed by atoms with Crippen LogP contribution in [0.3, 0.4) is 0 Å². The number of carbonyl (C=O) groups excluding carboxylic acids is 1. The molecule has 5 aliphatic rings. The molecule has 224 valence electrons. The zero-order chi connectivity index (χ0) is 29.5. The van der Waals surface area contributed by atoms with E-state index in [9.17, 15) is 14.7 Å². The number of aliphatic carboxylic acids is 1. The van der Waals surface area contributed by atoms with E-state index in [1.807, 2.05) is 0 Å². The van der Waals surface area contributed by atoms with Crippen molar-refractivity contribution in [2.75, 3.05) is 6.61 Å². The summed E-state index contributed by atoms with van der Waals surface area (Å²) in [6.45, 7) is 22.0. The Kier molecular flexibility index (Phi) is 7.05. The summed E-state index contributed by atoms with van der Waals surface area (Å²) >= 11 is 0. The molecule has 5 nitrogen and oxygen atoms in total. The van der Waals surface area contributed by atoms with Gasteiger partial charge in [-0.3, -0.25) is 0 Å². The van der Waals surface area contributed by atoms with Crippen molar-refractivity contribution in [3.63, 3.8) is 0 Å². The fourth-order valence-corrected chi connectivity index (χ4v) is 12.6. The van der Waals surface area contributed by atoms with Crippen molar-refractivity contribution in [3.8, 4) is 0 Å². The Hall–Kier alpha value is -1.62. The third-order valence-corrected chi connectivity index (χ3v) is 14.8. The standard InChI is InChI=1S/C35H54O5/c1-22(2)23-11-18-35(21-40-28(39)10-9-27(37)38)20-19-34(8)32(6)16-12-24-30(3,4)26(36)14-15-31(24,5)25(32)13-17-33(34,7)29(23)35/h9-10,23-26,29,36H,1,11-21H2,2-8H3,(H,37,38)/b10-9-/t23?,24-,25+,26-,29+,31-,32+,33?,34-,35+/m0/s1. The van der Waals surface area contributed by atoms with Crippen LogP contribution in [-0.4, -0.2) is 34.9 Å². The van der Waals surface area contributed by atoms with Crippen LogP contribution in [0.1, 0.15) is 113 Å². The molecule has 2 unspecified atom stereocenters. The highest BCUT2D eigenvalue weighted by molar-refractivity contribution is 5.90. The lowest BCUT2D eigenvalue weighted by Gasteiger charge is -2.76. The van der Waals surface area contributed by atoms with Gasteiger partial charge >= 0.3 is 11.9 Å². The monoisotopic (exact) mass is 554 g/mol. The van der Waals surface area contributed by atoms with Gasteiger partial charge in [0.05, 0.1) is 12.7 Å². The van der Waals surface area contributed by atoms with Crippen molar-refractivity contribution in [1.29, 1.82) is 0 Å². The number of aliphatic hydroxyl groups is 1. The number of esters is 1. The zero-order valence-electron chi connectivity index (χ0n) is 26.1. The largest absolute Gasteiger partial charge is 0.478 e. The third-order valence-electron chi connectivity index (χ3n) is 14.8. The van der Waals surface area contributed by atoms with E-state index in [4.69, 9.17) is 9.84 Å². The number of carboxylic acids is 1. The van der Waals surface area contributed by atoms with Crippen molar-refractivity contribution in [3.05, 3.63) is 24.3 Å². The first kappa shape index (κ1) is 29.9. The average molecular weight is 555 g/mol. The first-order valence-corrected chi connectivity index (χ1v) is 15.9. The van der Waals surface area contributed by atoms with E-state index >= 15 is 0 Å². The topological polar surface area (TPSA) is 83.8 Å². The van der Waals surface area contributed by atoms with E-state index in [1.165, 1.54) is 31.3 Å². The predicted octanol–water partition coefficient (Wildman–Crippen LogP) is 7.58. The molecule has 5 rings (SSSR count). The molecule has 0 aromatic heterocycles. The highest BCUT2D eigenvalue weighted by atomic mass is 16.5.